The number of H-pyrrole nitrogens is 1. The summed E-state index contributed by atoms with van der Waals surface area (Å²) in [5.41, 5.74) is 2.10. The molecule has 0 bridgehead atoms. The molecule has 1 fully saturated rings. The first kappa shape index (κ1) is 14.8. The minimum Gasteiger partial charge on any atom is -0.465 e. The lowest BCUT2D eigenvalue weighted by Gasteiger charge is -2.32. The molecular formula is C17H21N3O2. The third kappa shape index (κ3) is 3.74. The summed E-state index contributed by atoms with van der Waals surface area (Å²) in [7, 11) is 0. The Morgan fingerprint density at radius 1 is 1.59 bits per heavy atom. The van der Waals surface area contributed by atoms with E-state index in [1.54, 1.807) is 12.3 Å². The zero-order valence-corrected chi connectivity index (χ0v) is 12.8. The van der Waals surface area contributed by atoms with Gasteiger partial charge in [0.25, 0.3) is 5.56 Å². The Morgan fingerprint density at radius 3 is 3.27 bits per heavy atom. The second kappa shape index (κ2) is 6.75. The maximum Gasteiger partial charge on any atom is 0.250 e. The first-order chi connectivity index (χ1) is 10.7. The van der Waals surface area contributed by atoms with Gasteiger partial charge in [-0.3, -0.25) is 9.69 Å². The minimum atomic E-state index is -0.0731. The molecule has 0 aliphatic carbocycles. The topological polar surface area (TPSA) is 62.1 Å². The van der Waals surface area contributed by atoms with Gasteiger partial charge in [-0.15, -0.1) is 0 Å². The maximum absolute atomic E-state index is 11.4. The van der Waals surface area contributed by atoms with Gasteiger partial charge in [0, 0.05) is 25.1 Å². The number of piperidine rings is 1. The second-order valence-electron chi connectivity index (χ2n) is 5.92. The van der Waals surface area contributed by atoms with Crippen LogP contribution in [-0.2, 0) is 0 Å². The molecule has 0 amide bonds. The molecule has 5 heteroatoms. The Bertz CT molecular complexity index is 688. The predicted molar refractivity (Wildman–Crippen MR) is 85.6 cm³/mol. The van der Waals surface area contributed by atoms with Gasteiger partial charge in [0.05, 0.1) is 18.3 Å². The highest BCUT2D eigenvalue weighted by Gasteiger charge is 2.22. The monoisotopic (exact) mass is 299 g/mol. The Kier molecular flexibility index (Phi) is 4.53. The lowest BCUT2D eigenvalue weighted by atomic mass is 9.94. The van der Waals surface area contributed by atoms with Gasteiger partial charge < -0.3 is 9.40 Å². The first-order valence-corrected chi connectivity index (χ1v) is 7.68. The van der Waals surface area contributed by atoms with Crippen molar-refractivity contribution in [2.24, 2.45) is 0 Å². The number of nitrogens with one attached hydrogen (secondary N) is 1. The average Bonchev–Trinajstić information content (AvgIpc) is 3.00. The van der Waals surface area contributed by atoms with E-state index >= 15 is 0 Å². The van der Waals surface area contributed by atoms with E-state index in [1.807, 2.05) is 12.1 Å². The van der Waals surface area contributed by atoms with Crippen LogP contribution in [0.1, 0.15) is 37.1 Å². The average molecular weight is 299 g/mol. The molecule has 1 N–H and O–H groups in total. The molecule has 2 aromatic heterocycles. The number of aromatic amines is 1. The van der Waals surface area contributed by atoms with E-state index in [2.05, 4.69) is 27.9 Å². The number of hydrogen-bond donors (Lipinski definition) is 1. The lowest BCUT2D eigenvalue weighted by molar-refractivity contribution is 0.222. The molecule has 22 heavy (non-hydrogen) atoms. The minimum absolute atomic E-state index is 0.0731. The zero-order chi connectivity index (χ0) is 15.4. The van der Waals surface area contributed by atoms with Gasteiger partial charge in [0.1, 0.15) is 5.76 Å². The smallest absolute Gasteiger partial charge is 0.250 e. The van der Waals surface area contributed by atoms with Crippen molar-refractivity contribution < 1.29 is 4.42 Å². The number of furan rings is 1. The summed E-state index contributed by atoms with van der Waals surface area (Å²) >= 11 is 0. The van der Waals surface area contributed by atoms with E-state index in [9.17, 15) is 4.79 Å². The van der Waals surface area contributed by atoms with Crippen LogP contribution in [0.2, 0.25) is 0 Å². The van der Waals surface area contributed by atoms with Crippen molar-refractivity contribution in [2.75, 3.05) is 19.6 Å². The summed E-state index contributed by atoms with van der Waals surface area (Å²) in [5, 5.41) is 0. The number of aromatic nitrogens is 2. The summed E-state index contributed by atoms with van der Waals surface area (Å²) < 4.78 is 5.35. The van der Waals surface area contributed by atoms with E-state index in [4.69, 9.17) is 4.42 Å². The van der Waals surface area contributed by atoms with Crippen LogP contribution < -0.4 is 5.56 Å². The molecule has 1 aliphatic rings. The molecule has 0 aromatic carbocycles. The van der Waals surface area contributed by atoms with Crippen molar-refractivity contribution in [3.05, 3.63) is 58.2 Å². The molecule has 0 spiro atoms. The third-order valence-corrected chi connectivity index (χ3v) is 4.03. The molecule has 1 atom stereocenters. The Hall–Kier alpha value is -2.14. The Labute approximate surface area is 129 Å². The zero-order valence-electron chi connectivity index (χ0n) is 12.8. The first-order valence-electron chi connectivity index (χ1n) is 7.68. The number of hydrogen-bond acceptors (Lipinski definition) is 4. The largest absolute Gasteiger partial charge is 0.465 e. The number of likely N-dealkylation sites (tertiary alicyclic amines) is 1. The van der Waals surface area contributed by atoms with Crippen molar-refractivity contribution in [3.8, 4) is 0 Å². The van der Waals surface area contributed by atoms with Crippen molar-refractivity contribution in [2.45, 2.75) is 25.7 Å². The van der Waals surface area contributed by atoms with Gasteiger partial charge in [0.2, 0.25) is 0 Å². The lowest BCUT2D eigenvalue weighted by Crippen LogP contribution is -2.36. The van der Waals surface area contributed by atoms with Crippen LogP contribution >= 0.6 is 0 Å². The van der Waals surface area contributed by atoms with E-state index in [0.29, 0.717) is 5.92 Å². The summed E-state index contributed by atoms with van der Waals surface area (Å²) in [5.74, 6) is 1.23. The van der Waals surface area contributed by atoms with Crippen LogP contribution in [0.4, 0.5) is 0 Å². The molecular weight excluding hydrogens is 278 g/mol. The molecule has 5 nitrogen and oxygen atoms in total. The Balaban J connectivity index is 1.64. The molecule has 3 rings (SSSR count). The summed E-state index contributed by atoms with van der Waals surface area (Å²) in [4.78, 5) is 20.8. The van der Waals surface area contributed by atoms with Gasteiger partial charge in [-0.25, -0.2) is 4.98 Å². The second-order valence-corrected chi connectivity index (χ2v) is 5.92. The maximum atomic E-state index is 11.4. The highest BCUT2D eigenvalue weighted by Crippen LogP contribution is 2.25. The Morgan fingerprint density at radius 2 is 2.50 bits per heavy atom. The fourth-order valence-electron chi connectivity index (χ4n) is 3.06. The number of nitrogens with zero attached hydrogens (tertiary/aromatic N) is 2. The third-order valence-electron chi connectivity index (χ3n) is 4.03. The SMILES string of the molecule is C/C(=C\c1ccco1)CN1CCC[C@H](c2cc(=O)[nH]cn2)C1. The van der Waals surface area contributed by atoms with E-state index in [-0.39, 0.29) is 5.56 Å². The van der Waals surface area contributed by atoms with Gasteiger partial charge >= 0.3 is 0 Å². The molecule has 116 valence electrons. The molecule has 0 radical (unpaired) electrons. The van der Waals surface area contributed by atoms with Gasteiger partial charge in [-0.1, -0.05) is 5.57 Å². The van der Waals surface area contributed by atoms with Crippen LogP contribution in [0, 0.1) is 0 Å². The van der Waals surface area contributed by atoms with Crippen molar-refractivity contribution in [3.63, 3.8) is 0 Å². The molecule has 1 aliphatic heterocycles. The van der Waals surface area contributed by atoms with Crippen LogP contribution in [0.25, 0.3) is 6.08 Å². The molecule has 1 saturated heterocycles. The molecule has 0 saturated carbocycles. The van der Waals surface area contributed by atoms with Gasteiger partial charge in [-0.2, -0.15) is 0 Å². The quantitative estimate of drug-likeness (QED) is 0.942. The normalized spacial score (nSPS) is 20.2. The number of rotatable bonds is 4. The van der Waals surface area contributed by atoms with Crippen LogP contribution in [-0.4, -0.2) is 34.5 Å². The fraction of sp³-hybridized carbons (Fsp3) is 0.412. The molecule has 3 heterocycles. The summed E-state index contributed by atoms with van der Waals surface area (Å²) in [6, 6.07) is 5.48. The molecule has 0 unspecified atom stereocenters. The fourth-order valence-corrected chi connectivity index (χ4v) is 3.06. The highest BCUT2D eigenvalue weighted by atomic mass is 16.3. The van der Waals surface area contributed by atoms with Crippen molar-refractivity contribution in [1.29, 1.82) is 0 Å². The van der Waals surface area contributed by atoms with Crippen LogP contribution in [0.15, 0.2) is 45.6 Å². The summed E-state index contributed by atoms with van der Waals surface area (Å²) in [6.07, 6.45) is 7.49. The van der Waals surface area contributed by atoms with Crippen LogP contribution in [0.5, 0.6) is 0 Å². The summed E-state index contributed by atoms with van der Waals surface area (Å²) in [6.45, 7) is 5.07. The molecule has 2 aromatic rings. The highest BCUT2D eigenvalue weighted by molar-refractivity contribution is 5.46. The van der Waals surface area contributed by atoms with E-state index in [0.717, 1.165) is 43.9 Å². The van der Waals surface area contributed by atoms with E-state index in [1.165, 1.54) is 11.9 Å². The van der Waals surface area contributed by atoms with Crippen molar-refractivity contribution in [1.82, 2.24) is 14.9 Å². The van der Waals surface area contributed by atoms with Crippen molar-refractivity contribution >= 4 is 6.08 Å². The predicted octanol–water partition coefficient (Wildman–Crippen LogP) is 2.65. The standard InChI is InChI=1S/C17H21N3O2/c1-13(8-15-5-3-7-22-15)10-20-6-2-4-14(11-20)16-9-17(21)19-12-18-16/h3,5,7-9,12,14H,2,4,6,10-11H2,1H3,(H,18,19,21)/b13-8+/t14-/m0/s1. The van der Waals surface area contributed by atoms with E-state index < -0.39 is 0 Å². The van der Waals surface area contributed by atoms with Gasteiger partial charge in [-0.05, 0) is 44.5 Å². The van der Waals surface area contributed by atoms with Gasteiger partial charge in [0.15, 0.2) is 0 Å². The van der Waals surface area contributed by atoms with Crippen LogP contribution in [0.3, 0.4) is 0 Å².